The number of aromatic nitrogens is 1. The van der Waals surface area contributed by atoms with E-state index in [1.807, 2.05) is 0 Å². The highest BCUT2D eigenvalue weighted by molar-refractivity contribution is 7.91. The van der Waals surface area contributed by atoms with Crippen molar-refractivity contribution in [1.29, 1.82) is 0 Å². The van der Waals surface area contributed by atoms with Gasteiger partial charge < -0.3 is 5.73 Å². The molecule has 0 fully saturated rings. The summed E-state index contributed by atoms with van der Waals surface area (Å²) in [6.07, 6.45) is 3.21. The number of sulfone groups is 1. The fourth-order valence-electron chi connectivity index (χ4n) is 2.48. The Balaban J connectivity index is 2.26. The molecule has 0 bridgehead atoms. The smallest absolute Gasteiger partial charge is 0.250 e. The van der Waals surface area contributed by atoms with Crippen LogP contribution in [-0.4, -0.2) is 19.3 Å². The second-order valence-electron chi connectivity index (χ2n) is 5.10. The quantitative estimate of drug-likeness (QED) is 0.792. The van der Waals surface area contributed by atoms with Crippen molar-refractivity contribution in [1.82, 2.24) is 4.98 Å². The Morgan fingerprint density at radius 2 is 1.54 bits per heavy atom. The Hall–Kier alpha value is -2.99. The van der Waals surface area contributed by atoms with E-state index < -0.39 is 15.7 Å². The lowest BCUT2D eigenvalue weighted by Crippen LogP contribution is -2.16. The Bertz CT molecular complexity index is 1000. The summed E-state index contributed by atoms with van der Waals surface area (Å²) in [5.74, 6) is -0.784. The van der Waals surface area contributed by atoms with E-state index in [0.717, 1.165) is 0 Å². The first-order valence-electron chi connectivity index (χ1n) is 7.15. The van der Waals surface area contributed by atoms with Crippen molar-refractivity contribution in [3.63, 3.8) is 0 Å². The molecule has 0 unspecified atom stereocenters. The van der Waals surface area contributed by atoms with Crippen LogP contribution in [0, 0.1) is 0 Å². The third kappa shape index (κ3) is 2.79. The van der Waals surface area contributed by atoms with Gasteiger partial charge in [-0.1, -0.05) is 36.4 Å². The van der Waals surface area contributed by atoms with E-state index in [-0.39, 0.29) is 15.4 Å². The molecule has 1 amide bonds. The van der Waals surface area contributed by atoms with E-state index in [2.05, 4.69) is 4.98 Å². The lowest BCUT2D eigenvalue weighted by Gasteiger charge is -2.12. The molecule has 5 nitrogen and oxygen atoms in total. The molecule has 120 valence electrons. The topological polar surface area (TPSA) is 90.1 Å². The van der Waals surface area contributed by atoms with E-state index in [0.29, 0.717) is 11.1 Å². The molecule has 24 heavy (non-hydrogen) atoms. The van der Waals surface area contributed by atoms with Gasteiger partial charge in [-0.25, -0.2) is 8.42 Å². The van der Waals surface area contributed by atoms with Crippen molar-refractivity contribution < 1.29 is 13.2 Å². The van der Waals surface area contributed by atoms with E-state index in [4.69, 9.17) is 5.73 Å². The van der Waals surface area contributed by atoms with Gasteiger partial charge in [0.25, 0.3) is 0 Å². The number of carbonyl (C=O) groups excluding carboxylic acids is 1. The van der Waals surface area contributed by atoms with Crippen LogP contribution >= 0.6 is 0 Å². The number of carbonyl (C=O) groups is 1. The molecule has 0 aliphatic heterocycles. The number of primary amides is 1. The molecule has 0 aliphatic rings. The van der Waals surface area contributed by atoms with Crippen LogP contribution in [0.15, 0.2) is 82.8 Å². The van der Waals surface area contributed by atoms with Gasteiger partial charge in [-0.05, 0) is 24.3 Å². The van der Waals surface area contributed by atoms with Crippen LogP contribution in [0.25, 0.3) is 11.1 Å². The number of hydrogen-bond acceptors (Lipinski definition) is 4. The van der Waals surface area contributed by atoms with E-state index in [1.54, 1.807) is 54.9 Å². The Kier molecular flexibility index (Phi) is 4.14. The van der Waals surface area contributed by atoms with Crippen LogP contribution in [0.5, 0.6) is 0 Å². The molecule has 0 saturated heterocycles. The molecule has 6 heteroatoms. The van der Waals surface area contributed by atoms with Gasteiger partial charge in [0.2, 0.25) is 15.7 Å². The molecule has 1 aromatic heterocycles. The number of nitrogens with zero attached hydrogens (tertiary/aromatic N) is 1. The second-order valence-corrected chi connectivity index (χ2v) is 6.99. The molecular weight excluding hydrogens is 324 g/mol. The molecule has 0 aliphatic carbocycles. The minimum absolute atomic E-state index is 0.0292. The zero-order chi connectivity index (χ0) is 17.2. The Labute approximate surface area is 139 Å². The van der Waals surface area contributed by atoms with Crippen LogP contribution in [0.4, 0.5) is 0 Å². The molecule has 0 spiro atoms. The molecule has 2 N–H and O–H groups in total. The minimum Gasteiger partial charge on any atom is -0.366 e. The van der Waals surface area contributed by atoms with Crippen molar-refractivity contribution in [2.75, 3.05) is 0 Å². The average Bonchev–Trinajstić information content (AvgIpc) is 2.62. The molecule has 1 heterocycles. The molecule has 0 atom stereocenters. The molecule has 2 aromatic carbocycles. The summed E-state index contributed by atoms with van der Waals surface area (Å²) >= 11 is 0. The normalized spacial score (nSPS) is 11.2. The highest BCUT2D eigenvalue weighted by Crippen LogP contribution is 2.32. The van der Waals surface area contributed by atoms with Gasteiger partial charge in [0.05, 0.1) is 15.4 Å². The number of pyridine rings is 1. The maximum atomic E-state index is 13.1. The van der Waals surface area contributed by atoms with Gasteiger partial charge in [0, 0.05) is 23.5 Å². The van der Waals surface area contributed by atoms with Crippen LogP contribution in [0.3, 0.4) is 0 Å². The number of benzene rings is 2. The Morgan fingerprint density at radius 1 is 0.875 bits per heavy atom. The van der Waals surface area contributed by atoms with E-state index >= 15 is 0 Å². The SMILES string of the molecule is NC(=O)c1ccccc1S(=O)(=O)c1ccccc1-c1cccnc1. The lowest BCUT2D eigenvalue weighted by atomic mass is 10.1. The lowest BCUT2D eigenvalue weighted by molar-refractivity contribution is 0.0997. The van der Waals surface area contributed by atoms with Crippen LogP contribution in [-0.2, 0) is 9.84 Å². The summed E-state index contributed by atoms with van der Waals surface area (Å²) in [6, 6.07) is 16.0. The third-order valence-corrected chi connectivity index (χ3v) is 5.46. The zero-order valence-electron chi connectivity index (χ0n) is 12.6. The predicted octanol–water partition coefficient (Wildman–Crippen LogP) is 2.68. The monoisotopic (exact) mass is 338 g/mol. The fraction of sp³-hybridized carbons (Fsp3) is 0. The van der Waals surface area contributed by atoms with E-state index in [1.165, 1.54) is 18.2 Å². The summed E-state index contributed by atoms with van der Waals surface area (Å²) < 4.78 is 26.3. The summed E-state index contributed by atoms with van der Waals surface area (Å²) in [6.45, 7) is 0. The van der Waals surface area contributed by atoms with Crippen molar-refractivity contribution in [3.05, 3.63) is 78.6 Å². The van der Waals surface area contributed by atoms with Crippen molar-refractivity contribution in [2.45, 2.75) is 9.79 Å². The minimum atomic E-state index is -3.92. The van der Waals surface area contributed by atoms with Crippen molar-refractivity contribution in [3.8, 4) is 11.1 Å². The van der Waals surface area contributed by atoms with Crippen molar-refractivity contribution in [2.24, 2.45) is 5.73 Å². The summed E-state index contributed by atoms with van der Waals surface area (Å²) in [5, 5.41) is 0. The predicted molar refractivity (Wildman–Crippen MR) is 90.1 cm³/mol. The second kappa shape index (κ2) is 6.25. The van der Waals surface area contributed by atoms with Gasteiger partial charge in [-0.2, -0.15) is 0 Å². The first-order valence-corrected chi connectivity index (χ1v) is 8.63. The van der Waals surface area contributed by atoms with Gasteiger partial charge in [-0.15, -0.1) is 0 Å². The maximum Gasteiger partial charge on any atom is 0.250 e. The van der Waals surface area contributed by atoms with Gasteiger partial charge in [0.1, 0.15) is 0 Å². The molecule has 0 radical (unpaired) electrons. The standard InChI is InChI=1S/C18H14N2O3S/c19-18(21)15-8-2-4-10-17(15)24(22,23)16-9-3-1-7-14(16)13-6-5-11-20-12-13/h1-12H,(H2,19,21). The molecule has 3 rings (SSSR count). The summed E-state index contributed by atoms with van der Waals surface area (Å²) in [5.41, 5.74) is 6.49. The van der Waals surface area contributed by atoms with Crippen molar-refractivity contribution >= 4 is 15.7 Å². The van der Waals surface area contributed by atoms with Crippen LogP contribution in [0.2, 0.25) is 0 Å². The van der Waals surface area contributed by atoms with Gasteiger partial charge >= 0.3 is 0 Å². The highest BCUT2D eigenvalue weighted by Gasteiger charge is 2.25. The molecule has 0 saturated carbocycles. The van der Waals surface area contributed by atoms with E-state index in [9.17, 15) is 13.2 Å². The van der Waals surface area contributed by atoms with Gasteiger partial charge in [-0.3, -0.25) is 9.78 Å². The zero-order valence-corrected chi connectivity index (χ0v) is 13.4. The number of amides is 1. The third-order valence-electron chi connectivity index (χ3n) is 3.59. The average molecular weight is 338 g/mol. The highest BCUT2D eigenvalue weighted by atomic mass is 32.2. The Morgan fingerprint density at radius 3 is 2.21 bits per heavy atom. The molecular formula is C18H14N2O3S. The number of hydrogen-bond donors (Lipinski definition) is 1. The fourth-order valence-corrected chi connectivity index (χ4v) is 4.17. The largest absolute Gasteiger partial charge is 0.366 e. The van der Waals surface area contributed by atoms with Crippen LogP contribution < -0.4 is 5.73 Å². The maximum absolute atomic E-state index is 13.1. The summed E-state index contributed by atoms with van der Waals surface area (Å²) in [4.78, 5) is 15.6. The number of rotatable bonds is 4. The molecule has 3 aromatic rings. The summed E-state index contributed by atoms with van der Waals surface area (Å²) in [7, 11) is -3.92. The first kappa shape index (κ1) is 15.9. The van der Waals surface area contributed by atoms with Gasteiger partial charge in [0.15, 0.2) is 0 Å². The number of nitrogens with two attached hydrogens (primary N) is 1. The van der Waals surface area contributed by atoms with Crippen LogP contribution in [0.1, 0.15) is 10.4 Å². The first-order chi connectivity index (χ1) is 11.5.